The molecule has 3 rings (SSSR count). The molecule has 2 aromatic carbocycles. The molecule has 0 unspecified atom stereocenters. The van der Waals surface area contributed by atoms with E-state index < -0.39 is 0 Å². The Morgan fingerprint density at radius 2 is 1.83 bits per heavy atom. The van der Waals surface area contributed by atoms with Crippen molar-refractivity contribution in [1.29, 1.82) is 0 Å². The van der Waals surface area contributed by atoms with E-state index in [1.54, 1.807) is 0 Å². The highest BCUT2D eigenvalue weighted by molar-refractivity contribution is 5.77. The van der Waals surface area contributed by atoms with Crippen molar-refractivity contribution >= 4 is 6.29 Å². The normalized spacial score (nSPS) is 21.6. The van der Waals surface area contributed by atoms with Crippen molar-refractivity contribution in [3.8, 4) is 11.1 Å². The lowest BCUT2D eigenvalue weighted by atomic mass is 9.85. The summed E-state index contributed by atoms with van der Waals surface area (Å²) in [5.74, 6) is 0. The van der Waals surface area contributed by atoms with Gasteiger partial charge in [0.25, 0.3) is 0 Å². The molecule has 1 heteroatoms. The van der Waals surface area contributed by atoms with Crippen molar-refractivity contribution in [2.75, 3.05) is 0 Å². The molecule has 0 heterocycles. The Morgan fingerprint density at radius 3 is 2.56 bits per heavy atom. The van der Waals surface area contributed by atoms with Gasteiger partial charge in [-0.1, -0.05) is 48.5 Å². The Hall–Kier alpha value is -1.89. The number of carbonyl (C=O) groups excluding carboxylic acids is 1. The predicted octanol–water partition coefficient (Wildman–Crippen LogP) is 3.76. The van der Waals surface area contributed by atoms with Gasteiger partial charge in [-0.3, -0.25) is 0 Å². The van der Waals surface area contributed by atoms with E-state index in [2.05, 4.69) is 42.5 Å². The van der Waals surface area contributed by atoms with Gasteiger partial charge < -0.3 is 4.79 Å². The minimum absolute atomic E-state index is 0.292. The SMILES string of the molecule is C[C@]1(C=O)CCc2c(-c3ccccc3)cccc21. The Labute approximate surface area is 107 Å². The lowest BCUT2D eigenvalue weighted by Crippen LogP contribution is -2.19. The number of hydrogen-bond acceptors (Lipinski definition) is 1. The first-order valence-electron chi connectivity index (χ1n) is 6.39. The van der Waals surface area contributed by atoms with Gasteiger partial charge in [-0.2, -0.15) is 0 Å². The van der Waals surface area contributed by atoms with E-state index in [0.29, 0.717) is 0 Å². The molecule has 1 atom stereocenters. The third-order valence-electron chi connectivity index (χ3n) is 4.03. The van der Waals surface area contributed by atoms with Gasteiger partial charge in [-0.05, 0) is 42.0 Å². The summed E-state index contributed by atoms with van der Waals surface area (Å²) in [4.78, 5) is 11.3. The van der Waals surface area contributed by atoms with E-state index in [1.807, 2.05) is 13.0 Å². The summed E-state index contributed by atoms with van der Waals surface area (Å²) in [5, 5.41) is 0. The van der Waals surface area contributed by atoms with Gasteiger partial charge >= 0.3 is 0 Å². The summed E-state index contributed by atoms with van der Waals surface area (Å²) in [6.07, 6.45) is 3.03. The molecule has 0 amide bonds. The van der Waals surface area contributed by atoms with Crippen LogP contribution in [0.3, 0.4) is 0 Å². The standard InChI is InChI=1S/C17H16O/c1-17(12-18)11-10-15-14(8-5-9-16(15)17)13-6-3-2-4-7-13/h2-9,12H,10-11H2,1H3/t17-/m1/s1. The van der Waals surface area contributed by atoms with Crippen molar-refractivity contribution in [2.24, 2.45) is 0 Å². The van der Waals surface area contributed by atoms with E-state index in [4.69, 9.17) is 0 Å². The number of rotatable bonds is 2. The Bertz CT molecular complexity index is 586. The number of aldehydes is 1. The lowest BCUT2D eigenvalue weighted by Gasteiger charge is -2.17. The first-order valence-corrected chi connectivity index (χ1v) is 6.39. The molecule has 0 radical (unpaired) electrons. The number of fused-ring (bicyclic) bond motifs is 1. The predicted molar refractivity (Wildman–Crippen MR) is 73.6 cm³/mol. The molecule has 1 nitrogen and oxygen atoms in total. The van der Waals surface area contributed by atoms with Gasteiger partial charge in [0.15, 0.2) is 0 Å². The van der Waals surface area contributed by atoms with Crippen LogP contribution >= 0.6 is 0 Å². The zero-order valence-electron chi connectivity index (χ0n) is 10.5. The van der Waals surface area contributed by atoms with Crippen LogP contribution in [0.25, 0.3) is 11.1 Å². The van der Waals surface area contributed by atoms with Gasteiger partial charge in [0, 0.05) is 5.41 Å². The molecule has 0 aromatic heterocycles. The molecule has 0 spiro atoms. The average Bonchev–Trinajstić information content (AvgIpc) is 2.78. The Kier molecular flexibility index (Phi) is 2.55. The van der Waals surface area contributed by atoms with Crippen LogP contribution in [0.5, 0.6) is 0 Å². The number of carbonyl (C=O) groups is 1. The van der Waals surface area contributed by atoms with Crippen LogP contribution < -0.4 is 0 Å². The quantitative estimate of drug-likeness (QED) is 0.726. The molecule has 90 valence electrons. The lowest BCUT2D eigenvalue weighted by molar-refractivity contribution is -0.112. The minimum Gasteiger partial charge on any atom is -0.302 e. The maximum Gasteiger partial charge on any atom is 0.130 e. The summed E-state index contributed by atoms with van der Waals surface area (Å²) < 4.78 is 0. The minimum atomic E-state index is -0.292. The highest BCUT2D eigenvalue weighted by atomic mass is 16.1. The molecule has 0 saturated carbocycles. The van der Waals surface area contributed by atoms with E-state index in [-0.39, 0.29) is 5.41 Å². The third kappa shape index (κ3) is 1.59. The molecule has 1 aliphatic rings. The van der Waals surface area contributed by atoms with Crippen molar-refractivity contribution in [3.05, 3.63) is 59.7 Å². The molecule has 0 saturated heterocycles. The van der Waals surface area contributed by atoms with Crippen LogP contribution in [0.1, 0.15) is 24.5 Å². The number of benzene rings is 2. The molecule has 2 aromatic rings. The molecular weight excluding hydrogens is 220 g/mol. The molecule has 0 N–H and O–H groups in total. The summed E-state index contributed by atoms with van der Waals surface area (Å²) in [7, 11) is 0. The highest BCUT2D eigenvalue weighted by Gasteiger charge is 2.35. The fourth-order valence-corrected chi connectivity index (χ4v) is 2.92. The second-order valence-electron chi connectivity index (χ2n) is 5.23. The monoisotopic (exact) mass is 236 g/mol. The molecule has 0 aliphatic heterocycles. The second-order valence-corrected chi connectivity index (χ2v) is 5.23. The van der Waals surface area contributed by atoms with Crippen LogP contribution in [0.15, 0.2) is 48.5 Å². The van der Waals surface area contributed by atoms with Crippen molar-refractivity contribution in [3.63, 3.8) is 0 Å². The second kappa shape index (κ2) is 4.09. The summed E-state index contributed by atoms with van der Waals surface area (Å²) in [6, 6.07) is 16.7. The summed E-state index contributed by atoms with van der Waals surface area (Å²) in [5.41, 5.74) is 4.78. The maximum absolute atomic E-state index is 11.3. The van der Waals surface area contributed by atoms with Crippen LogP contribution in [0.4, 0.5) is 0 Å². The zero-order valence-corrected chi connectivity index (χ0v) is 10.5. The first kappa shape index (κ1) is 11.2. The van der Waals surface area contributed by atoms with Gasteiger partial charge in [0.2, 0.25) is 0 Å². The molecule has 18 heavy (non-hydrogen) atoms. The van der Waals surface area contributed by atoms with E-state index in [1.165, 1.54) is 22.3 Å². The first-order chi connectivity index (χ1) is 8.74. The zero-order chi connectivity index (χ0) is 12.6. The Balaban J connectivity index is 2.19. The molecular formula is C17H16O. The fourth-order valence-electron chi connectivity index (χ4n) is 2.92. The third-order valence-corrected chi connectivity index (χ3v) is 4.03. The average molecular weight is 236 g/mol. The smallest absolute Gasteiger partial charge is 0.130 e. The number of hydrogen-bond donors (Lipinski definition) is 0. The van der Waals surface area contributed by atoms with Gasteiger partial charge in [0.1, 0.15) is 6.29 Å². The van der Waals surface area contributed by atoms with Gasteiger partial charge in [-0.25, -0.2) is 0 Å². The van der Waals surface area contributed by atoms with Crippen molar-refractivity contribution in [2.45, 2.75) is 25.2 Å². The summed E-state index contributed by atoms with van der Waals surface area (Å²) >= 11 is 0. The van der Waals surface area contributed by atoms with Gasteiger partial charge in [-0.15, -0.1) is 0 Å². The maximum atomic E-state index is 11.3. The largest absolute Gasteiger partial charge is 0.302 e. The fraction of sp³-hybridized carbons (Fsp3) is 0.235. The van der Waals surface area contributed by atoms with E-state index >= 15 is 0 Å². The van der Waals surface area contributed by atoms with Crippen LogP contribution in [-0.4, -0.2) is 6.29 Å². The highest BCUT2D eigenvalue weighted by Crippen LogP contribution is 2.41. The van der Waals surface area contributed by atoms with Crippen LogP contribution in [0, 0.1) is 0 Å². The molecule has 0 fully saturated rings. The topological polar surface area (TPSA) is 17.1 Å². The van der Waals surface area contributed by atoms with Crippen molar-refractivity contribution in [1.82, 2.24) is 0 Å². The molecule has 1 aliphatic carbocycles. The summed E-state index contributed by atoms with van der Waals surface area (Å²) in [6.45, 7) is 2.04. The van der Waals surface area contributed by atoms with Crippen LogP contribution in [0.2, 0.25) is 0 Å². The van der Waals surface area contributed by atoms with Gasteiger partial charge in [0.05, 0.1) is 0 Å². The van der Waals surface area contributed by atoms with Crippen molar-refractivity contribution < 1.29 is 4.79 Å². The van der Waals surface area contributed by atoms with Crippen LogP contribution in [-0.2, 0) is 16.6 Å². The Morgan fingerprint density at radius 1 is 1.06 bits per heavy atom. The molecule has 0 bridgehead atoms. The van der Waals surface area contributed by atoms with E-state index in [0.717, 1.165) is 19.1 Å². The van der Waals surface area contributed by atoms with E-state index in [9.17, 15) is 4.79 Å².